The average Bonchev–Trinajstić information content (AvgIpc) is 2.67. The smallest absolute Gasteiger partial charge is 0.240 e. The van der Waals surface area contributed by atoms with Gasteiger partial charge in [0.1, 0.15) is 5.25 Å². The van der Waals surface area contributed by atoms with Gasteiger partial charge in [-0.1, -0.05) is 48.5 Å². The van der Waals surface area contributed by atoms with Gasteiger partial charge < -0.3 is 9.80 Å². The summed E-state index contributed by atoms with van der Waals surface area (Å²) >= 11 is 1.58. The molecule has 0 unspecified atom stereocenters. The minimum Gasteiger partial charge on any atom is -0.339 e. The van der Waals surface area contributed by atoms with Crippen molar-refractivity contribution in [1.82, 2.24) is 9.80 Å². The van der Waals surface area contributed by atoms with Crippen LogP contribution in [0, 0.1) is 0 Å². The van der Waals surface area contributed by atoms with Gasteiger partial charge >= 0.3 is 0 Å². The molecule has 5 heteroatoms. The van der Waals surface area contributed by atoms with Gasteiger partial charge in [0.15, 0.2) is 0 Å². The van der Waals surface area contributed by atoms with Gasteiger partial charge in [0.2, 0.25) is 11.8 Å². The van der Waals surface area contributed by atoms with Gasteiger partial charge in [-0.3, -0.25) is 9.59 Å². The molecule has 1 aliphatic rings. The first-order valence-corrected chi connectivity index (χ1v) is 9.34. The molecule has 2 aromatic rings. The lowest BCUT2D eigenvalue weighted by Crippen LogP contribution is -2.50. The Bertz CT molecular complexity index is 713. The fourth-order valence-electron chi connectivity index (χ4n) is 2.93. The van der Waals surface area contributed by atoms with Gasteiger partial charge in [0.25, 0.3) is 0 Å². The Balaban J connectivity index is 1.77. The van der Waals surface area contributed by atoms with Crippen LogP contribution >= 0.6 is 11.8 Å². The molecule has 1 saturated heterocycles. The van der Waals surface area contributed by atoms with Crippen molar-refractivity contribution in [2.24, 2.45) is 0 Å². The van der Waals surface area contributed by atoms with Crippen molar-refractivity contribution in [3.63, 3.8) is 0 Å². The highest BCUT2D eigenvalue weighted by Gasteiger charge is 2.29. The lowest BCUT2D eigenvalue weighted by molar-refractivity contribution is -0.138. The number of hydrogen-bond acceptors (Lipinski definition) is 3. The molecule has 2 aromatic carbocycles. The SMILES string of the molecule is CC(=O)N1CCN(C(=O)[C@H](Sc2ccccc2)c2ccccc2)CC1. The molecule has 0 radical (unpaired) electrons. The minimum atomic E-state index is -0.271. The van der Waals surface area contributed by atoms with E-state index in [1.165, 1.54) is 0 Å². The van der Waals surface area contributed by atoms with Gasteiger partial charge in [0, 0.05) is 38.0 Å². The topological polar surface area (TPSA) is 40.6 Å². The summed E-state index contributed by atoms with van der Waals surface area (Å²) in [6, 6.07) is 19.9. The van der Waals surface area contributed by atoms with E-state index in [0.29, 0.717) is 26.2 Å². The van der Waals surface area contributed by atoms with E-state index in [2.05, 4.69) is 0 Å². The molecule has 1 fully saturated rings. The fraction of sp³-hybridized carbons (Fsp3) is 0.300. The number of benzene rings is 2. The highest BCUT2D eigenvalue weighted by Crippen LogP contribution is 2.36. The van der Waals surface area contributed by atoms with Gasteiger partial charge in [-0.25, -0.2) is 0 Å². The molecule has 2 amide bonds. The zero-order valence-corrected chi connectivity index (χ0v) is 15.1. The van der Waals surface area contributed by atoms with E-state index in [1.54, 1.807) is 23.6 Å². The summed E-state index contributed by atoms with van der Waals surface area (Å²) in [5.74, 6) is 0.189. The molecular formula is C20H22N2O2S. The second kappa shape index (κ2) is 8.21. The van der Waals surface area contributed by atoms with Crippen molar-refractivity contribution in [2.75, 3.05) is 26.2 Å². The number of thioether (sulfide) groups is 1. The van der Waals surface area contributed by atoms with Crippen LogP contribution in [0.2, 0.25) is 0 Å². The van der Waals surface area contributed by atoms with Gasteiger partial charge in [-0.2, -0.15) is 0 Å². The van der Waals surface area contributed by atoms with E-state index in [1.807, 2.05) is 65.6 Å². The Morgan fingerprint density at radius 3 is 1.92 bits per heavy atom. The first-order chi connectivity index (χ1) is 12.1. The van der Waals surface area contributed by atoms with E-state index < -0.39 is 0 Å². The number of amides is 2. The highest BCUT2D eigenvalue weighted by molar-refractivity contribution is 8.00. The molecule has 4 nitrogen and oxygen atoms in total. The number of carbonyl (C=O) groups is 2. The summed E-state index contributed by atoms with van der Waals surface area (Å²) in [4.78, 5) is 29.4. The molecule has 0 aromatic heterocycles. The molecule has 0 N–H and O–H groups in total. The largest absolute Gasteiger partial charge is 0.339 e. The Kier molecular flexibility index (Phi) is 5.76. The highest BCUT2D eigenvalue weighted by atomic mass is 32.2. The van der Waals surface area contributed by atoms with Crippen molar-refractivity contribution in [3.05, 3.63) is 66.2 Å². The van der Waals surface area contributed by atoms with E-state index in [9.17, 15) is 9.59 Å². The zero-order valence-electron chi connectivity index (χ0n) is 14.3. The molecule has 0 aliphatic carbocycles. The summed E-state index contributed by atoms with van der Waals surface area (Å²) in [6.07, 6.45) is 0. The number of nitrogens with zero attached hydrogens (tertiary/aromatic N) is 2. The predicted octanol–water partition coefficient (Wildman–Crippen LogP) is 3.21. The zero-order chi connectivity index (χ0) is 17.6. The number of rotatable bonds is 4. The van der Waals surface area contributed by atoms with Gasteiger partial charge in [0.05, 0.1) is 0 Å². The normalized spacial score (nSPS) is 15.7. The second-order valence-electron chi connectivity index (χ2n) is 6.05. The Morgan fingerprint density at radius 1 is 0.840 bits per heavy atom. The number of piperazine rings is 1. The lowest BCUT2D eigenvalue weighted by atomic mass is 10.1. The standard InChI is InChI=1S/C20H22N2O2S/c1-16(23)21-12-14-22(15-13-21)20(24)19(17-8-4-2-5-9-17)25-18-10-6-3-7-11-18/h2-11,19H,12-15H2,1H3/t19-/m1/s1. The molecule has 1 heterocycles. The van der Waals surface area contributed by atoms with Crippen molar-refractivity contribution < 1.29 is 9.59 Å². The quantitative estimate of drug-likeness (QED) is 0.792. The third-order valence-corrected chi connectivity index (χ3v) is 5.61. The molecule has 0 spiro atoms. The molecule has 1 atom stereocenters. The Hall–Kier alpha value is -2.27. The minimum absolute atomic E-state index is 0.0744. The molecular weight excluding hydrogens is 332 g/mol. The van der Waals surface area contributed by atoms with Gasteiger partial charge in [-0.05, 0) is 17.7 Å². The van der Waals surface area contributed by atoms with Crippen molar-refractivity contribution in [3.8, 4) is 0 Å². The third-order valence-electron chi connectivity index (χ3n) is 4.36. The maximum Gasteiger partial charge on any atom is 0.240 e. The van der Waals surface area contributed by atoms with Crippen molar-refractivity contribution >= 4 is 23.6 Å². The van der Waals surface area contributed by atoms with E-state index in [4.69, 9.17) is 0 Å². The summed E-state index contributed by atoms with van der Waals surface area (Å²) in [5.41, 5.74) is 1.01. The lowest BCUT2D eigenvalue weighted by Gasteiger charge is -2.36. The first kappa shape index (κ1) is 17.5. The third kappa shape index (κ3) is 4.42. The van der Waals surface area contributed by atoms with E-state index in [-0.39, 0.29) is 17.1 Å². The molecule has 25 heavy (non-hydrogen) atoms. The average molecular weight is 354 g/mol. The van der Waals surface area contributed by atoms with Crippen LogP contribution < -0.4 is 0 Å². The maximum absolute atomic E-state index is 13.2. The predicted molar refractivity (Wildman–Crippen MR) is 100 cm³/mol. The molecule has 1 aliphatic heterocycles. The maximum atomic E-state index is 13.2. The van der Waals surface area contributed by atoms with Crippen molar-refractivity contribution in [2.45, 2.75) is 17.1 Å². The van der Waals surface area contributed by atoms with E-state index in [0.717, 1.165) is 10.5 Å². The first-order valence-electron chi connectivity index (χ1n) is 8.46. The van der Waals surface area contributed by atoms with Crippen LogP contribution in [0.4, 0.5) is 0 Å². The molecule has 0 saturated carbocycles. The number of hydrogen-bond donors (Lipinski definition) is 0. The monoisotopic (exact) mass is 354 g/mol. The van der Waals surface area contributed by atoms with Crippen LogP contribution in [0.5, 0.6) is 0 Å². The fourth-order valence-corrected chi connectivity index (χ4v) is 4.06. The second-order valence-corrected chi connectivity index (χ2v) is 7.23. The van der Waals surface area contributed by atoms with Crippen LogP contribution in [-0.2, 0) is 9.59 Å². The van der Waals surface area contributed by atoms with Crippen LogP contribution in [0.1, 0.15) is 17.7 Å². The molecule has 130 valence electrons. The van der Waals surface area contributed by atoms with Crippen LogP contribution in [0.25, 0.3) is 0 Å². The van der Waals surface area contributed by atoms with Crippen molar-refractivity contribution in [1.29, 1.82) is 0 Å². The molecule has 3 rings (SSSR count). The summed E-state index contributed by atoms with van der Waals surface area (Å²) in [7, 11) is 0. The number of carbonyl (C=O) groups excluding carboxylic acids is 2. The van der Waals surface area contributed by atoms with Gasteiger partial charge in [-0.15, -0.1) is 11.8 Å². The van der Waals surface area contributed by atoms with E-state index >= 15 is 0 Å². The summed E-state index contributed by atoms with van der Waals surface area (Å²) in [6.45, 7) is 3.99. The summed E-state index contributed by atoms with van der Waals surface area (Å²) in [5, 5.41) is -0.271. The Morgan fingerprint density at radius 2 is 1.36 bits per heavy atom. The van der Waals surface area contributed by atoms with Crippen LogP contribution in [0.3, 0.4) is 0 Å². The Labute approximate surface area is 152 Å². The van der Waals surface area contributed by atoms with Crippen LogP contribution in [-0.4, -0.2) is 47.8 Å². The summed E-state index contributed by atoms with van der Waals surface area (Å²) < 4.78 is 0. The molecule has 0 bridgehead atoms. The van der Waals surface area contributed by atoms with Crippen LogP contribution in [0.15, 0.2) is 65.6 Å².